The second-order valence-corrected chi connectivity index (χ2v) is 7.58. The molecule has 0 radical (unpaired) electrons. The molecule has 2 atom stereocenters. The van der Waals surface area contributed by atoms with Crippen molar-refractivity contribution in [3.8, 4) is 17.6 Å². The smallest absolute Gasteiger partial charge is 0.217 e. The van der Waals surface area contributed by atoms with Crippen LogP contribution in [0.5, 0.6) is 11.5 Å². The van der Waals surface area contributed by atoms with Gasteiger partial charge in [-0.2, -0.15) is 5.26 Å². The largest absolute Gasteiger partial charge is 0.493 e. The fourth-order valence-electron chi connectivity index (χ4n) is 4.37. The standard InChI is InChI=1S/C21H28N2O3/c1-15(24)23-17-6-5-11-21(13-17,14-22)16-9-10-19(25-2)20(12-16)26-18-7-3-4-8-18/h9-10,12,17-18H,3-8,11,13H2,1-2H3,(H,23,24). The molecule has 0 aromatic heterocycles. The monoisotopic (exact) mass is 356 g/mol. The van der Waals surface area contributed by atoms with Crippen LogP contribution in [0.2, 0.25) is 0 Å². The molecule has 3 rings (SSSR count). The highest BCUT2D eigenvalue weighted by Gasteiger charge is 2.39. The molecule has 1 amide bonds. The van der Waals surface area contributed by atoms with Crippen molar-refractivity contribution in [3.63, 3.8) is 0 Å². The van der Waals surface area contributed by atoms with Crippen LogP contribution in [0.25, 0.3) is 0 Å². The van der Waals surface area contributed by atoms with Crippen molar-refractivity contribution >= 4 is 5.91 Å². The van der Waals surface area contributed by atoms with E-state index in [1.165, 1.54) is 19.8 Å². The lowest BCUT2D eigenvalue weighted by molar-refractivity contribution is -0.119. The van der Waals surface area contributed by atoms with Gasteiger partial charge in [-0.1, -0.05) is 6.07 Å². The Morgan fingerprint density at radius 3 is 2.65 bits per heavy atom. The molecule has 26 heavy (non-hydrogen) atoms. The van der Waals surface area contributed by atoms with E-state index in [1.54, 1.807) is 7.11 Å². The van der Waals surface area contributed by atoms with Crippen molar-refractivity contribution < 1.29 is 14.3 Å². The average molecular weight is 356 g/mol. The summed E-state index contributed by atoms with van der Waals surface area (Å²) in [6, 6.07) is 8.45. The van der Waals surface area contributed by atoms with Gasteiger partial charge >= 0.3 is 0 Å². The van der Waals surface area contributed by atoms with Crippen molar-refractivity contribution in [1.82, 2.24) is 5.32 Å². The third-order valence-corrected chi connectivity index (χ3v) is 5.68. The van der Waals surface area contributed by atoms with E-state index in [4.69, 9.17) is 9.47 Å². The Morgan fingerprint density at radius 2 is 2.00 bits per heavy atom. The number of hydrogen-bond acceptors (Lipinski definition) is 4. The maximum atomic E-state index is 11.4. The van der Waals surface area contributed by atoms with Crippen molar-refractivity contribution in [2.45, 2.75) is 75.9 Å². The molecular weight excluding hydrogens is 328 g/mol. The Bertz CT molecular complexity index is 691. The molecule has 2 saturated carbocycles. The number of amides is 1. The third-order valence-electron chi connectivity index (χ3n) is 5.68. The highest BCUT2D eigenvalue weighted by atomic mass is 16.5. The van der Waals surface area contributed by atoms with Gasteiger partial charge in [0.05, 0.1) is 24.7 Å². The zero-order chi connectivity index (χ0) is 18.6. The van der Waals surface area contributed by atoms with Crippen LogP contribution in [0.15, 0.2) is 18.2 Å². The first-order valence-corrected chi connectivity index (χ1v) is 9.60. The van der Waals surface area contributed by atoms with E-state index in [9.17, 15) is 10.1 Å². The number of ether oxygens (including phenoxy) is 2. The molecule has 0 spiro atoms. The van der Waals surface area contributed by atoms with E-state index in [-0.39, 0.29) is 18.1 Å². The van der Waals surface area contributed by atoms with Crippen molar-refractivity contribution in [2.75, 3.05) is 7.11 Å². The Balaban J connectivity index is 1.87. The highest BCUT2D eigenvalue weighted by Crippen LogP contribution is 2.42. The van der Waals surface area contributed by atoms with Crippen molar-refractivity contribution in [1.29, 1.82) is 5.26 Å². The lowest BCUT2D eigenvalue weighted by Gasteiger charge is -2.36. The van der Waals surface area contributed by atoms with Gasteiger partial charge < -0.3 is 14.8 Å². The summed E-state index contributed by atoms with van der Waals surface area (Å²) in [5.74, 6) is 1.40. The molecule has 0 bridgehead atoms. The van der Waals surface area contributed by atoms with Gasteiger partial charge in [-0.25, -0.2) is 0 Å². The normalized spacial score (nSPS) is 26.1. The van der Waals surface area contributed by atoms with Crippen LogP contribution in [0.4, 0.5) is 0 Å². The molecule has 2 unspecified atom stereocenters. The Morgan fingerprint density at radius 1 is 1.23 bits per heavy atom. The maximum Gasteiger partial charge on any atom is 0.217 e. The molecular formula is C21H28N2O3. The van der Waals surface area contributed by atoms with E-state index in [2.05, 4.69) is 11.4 Å². The molecule has 2 aliphatic rings. The molecule has 5 heteroatoms. The molecule has 0 aliphatic heterocycles. The third kappa shape index (κ3) is 3.95. The van der Waals surface area contributed by atoms with Gasteiger partial charge in [0, 0.05) is 13.0 Å². The predicted molar refractivity (Wildman–Crippen MR) is 99.2 cm³/mol. The van der Waals surface area contributed by atoms with Gasteiger partial charge in [-0.3, -0.25) is 4.79 Å². The predicted octanol–water partition coefficient (Wildman–Crippen LogP) is 3.86. The summed E-state index contributed by atoms with van der Waals surface area (Å²) in [7, 11) is 1.64. The maximum absolute atomic E-state index is 11.4. The average Bonchev–Trinajstić information content (AvgIpc) is 3.14. The van der Waals surface area contributed by atoms with Gasteiger partial charge in [0.15, 0.2) is 11.5 Å². The van der Waals surface area contributed by atoms with Crippen LogP contribution < -0.4 is 14.8 Å². The zero-order valence-electron chi connectivity index (χ0n) is 15.7. The summed E-state index contributed by atoms with van der Waals surface area (Å²) in [6.07, 6.45) is 8.06. The van der Waals surface area contributed by atoms with Crippen LogP contribution in [0.3, 0.4) is 0 Å². The number of nitrogens with zero attached hydrogens (tertiary/aromatic N) is 1. The molecule has 140 valence electrons. The van der Waals surface area contributed by atoms with E-state index >= 15 is 0 Å². The fraction of sp³-hybridized carbons (Fsp3) is 0.619. The summed E-state index contributed by atoms with van der Waals surface area (Å²) >= 11 is 0. The zero-order valence-corrected chi connectivity index (χ0v) is 15.7. The SMILES string of the molecule is COc1ccc(C2(C#N)CCCC(NC(C)=O)C2)cc1OC1CCCC1. The minimum atomic E-state index is -0.592. The Hall–Kier alpha value is -2.22. The number of rotatable bonds is 5. The number of hydrogen-bond donors (Lipinski definition) is 1. The van der Waals surface area contributed by atoms with Crippen molar-refractivity contribution in [3.05, 3.63) is 23.8 Å². The first-order valence-electron chi connectivity index (χ1n) is 9.60. The summed E-state index contributed by atoms with van der Waals surface area (Å²) in [5.41, 5.74) is 0.370. The molecule has 2 fully saturated rings. The first kappa shape index (κ1) is 18.6. The van der Waals surface area contributed by atoms with Gasteiger partial charge in [0.25, 0.3) is 0 Å². The number of nitriles is 1. The lowest BCUT2D eigenvalue weighted by atomic mass is 9.68. The van der Waals surface area contributed by atoms with Gasteiger partial charge in [-0.05, 0) is 69.1 Å². The number of carbonyl (C=O) groups is 1. The van der Waals surface area contributed by atoms with Crippen LogP contribution in [0, 0.1) is 11.3 Å². The molecule has 1 aromatic carbocycles. The first-order chi connectivity index (χ1) is 12.6. The van der Waals surface area contributed by atoms with Gasteiger partial charge in [0.1, 0.15) is 0 Å². The molecule has 5 nitrogen and oxygen atoms in total. The second kappa shape index (κ2) is 7.99. The minimum Gasteiger partial charge on any atom is -0.493 e. The number of methoxy groups -OCH3 is 1. The molecule has 1 aromatic rings. The summed E-state index contributed by atoms with van der Waals surface area (Å²) in [4.78, 5) is 11.4. The summed E-state index contributed by atoms with van der Waals surface area (Å²) < 4.78 is 11.7. The number of nitrogens with one attached hydrogen (secondary N) is 1. The Labute approximate surface area is 155 Å². The summed E-state index contributed by atoms with van der Waals surface area (Å²) in [6.45, 7) is 1.53. The van der Waals surface area contributed by atoms with Gasteiger partial charge in [0.2, 0.25) is 5.91 Å². The molecule has 0 saturated heterocycles. The van der Waals surface area contributed by atoms with Gasteiger partial charge in [-0.15, -0.1) is 0 Å². The quantitative estimate of drug-likeness (QED) is 0.870. The molecule has 0 heterocycles. The van der Waals surface area contributed by atoms with E-state index in [0.717, 1.165) is 43.4 Å². The fourth-order valence-corrected chi connectivity index (χ4v) is 4.37. The summed E-state index contributed by atoms with van der Waals surface area (Å²) in [5, 5.41) is 13.0. The van der Waals surface area contributed by atoms with Crippen LogP contribution in [0.1, 0.15) is 63.9 Å². The van der Waals surface area contributed by atoms with Crippen LogP contribution >= 0.6 is 0 Å². The van der Waals surface area contributed by atoms with E-state index in [1.807, 2.05) is 18.2 Å². The Kier molecular flexibility index (Phi) is 5.70. The van der Waals surface area contributed by atoms with Crippen LogP contribution in [-0.4, -0.2) is 25.2 Å². The van der Waals surface area contributed by atoms with E-state index in [0.29, 0.717) is 12.2 Å². The molecule has 1 N–H and O–H groups in total. The number of benzene rings is 1. The topological polar surface area (TPSA) is 71.3 Å². The van der Waals surface area contributed by atoms with Crippen LogP contribution in [-0.2, 0) is 10.2 Å². The second-order valence-electron chi connectivity index (χ2n) is 7.58. The van der Waals surface area contributed by atoms with Crippen molar-refractivity contribution in [2.24, 2.45) is 0 Å². The van der Waals surface area contributed by atoms with E-state index < -0.39 is 5.41 Å². The molecule has 2 aliphatic carbocycles. The minimum absolute atomic E-state index is 0.0382. The number of carbonyl (C=O) groups excluding carboxylic acids is 1. The highest BCUT2D eigenvalue weighted by molar-refractivity contribution is 5.73. The lowest BCUT2D eigenvalue weighted by Crippen LogP contribution is -2.43.